The molecule has 2 rings (SSSR count). The molecule has 1 unspecified atom stereocenters. The second-order valence-electron chi connectivity index (χ2n) is 4.20. The summed E-state index contributed by atoms with van der Waals surface area (Å²) in [7, 11) is 0. The number of hydrogen-bond acceptors (Lipinski definition) is 4. The molecule has 18 heavy (non-hydrogen) atoms. The third-order valence-corrected chi connectivity index (χ3v) is 3.16. The molecule has 3 nitrogen and oxygen atoms in total. The van der Waals surface area contributed by atoms with Crippen LogP contribution in [0, 0.1) is 5.82 Å². The average Bonchev–Trinajstić information content (AvgIpc) is 2.80. The molecule has 0 radical (unpaired) electrons. The van der Waals surface area contributed by atoms with Gasteiger partial charge in [0.15, 0.2) is 11.6 Å². The smallest absolute Gasteiger partial charge is 0.165 e. The summed E-state index contributed by atoms with van der Waals surface area (Å²) in [6.07, 6.45) is 2.37. The van der Waals surface area contributed by atoms with Crippen molar-refractivity contribution in [3.8, 4) is 5.75 Å². The van der Waals surface area contributed by atoms with Crippen LogP contribution in [0.25, 0.3) is 0 Å². The van der Waals surface area contributed by atoms with Crippen molar-refractivity contribution in [2.24, 2.45) is 5.73 Å². The normalized spacial score (nSPS) is 12.4. The Morgan fingerprint density at radius 3 is 2.94 bits per heavy atom. The molecule has 0 amide bonds. The number of ether oxygens (including phenoxy) is 1. The molecule has 1 heterocycles. The van der Waals surface area contributed by atoms with Gasteiger partial charge in [-0.2, -0.15) is 0 Å². The monoisotopic (exact) mass is 266 g/mol. The van der Waals surface area contributed by atoms with Crippen molar-refractivity contribution in [3.63, 3.8) is 0 Å². The molecule has 0 aliphatic rings. The molecule has 1 aromatic carbocycles. The van der Waals surface area contributed by atoms with E-state index in [9.17, 15) is 4.39 Å². The number of benzene rings is 1. The maximum Gasteiger partial charge on any atom is 0.165 e. The molecule has 0 fully saturated rings. The predicted molar refractivity (Wildman–Crippen MR) is 70.2 cm³/mol. The largest absolute Gasteiger partial charge is 0.485 e. The molecule has 0 bridgehead atoms. The van der Waals surface area contributed by atoms with Crippen LogP contribution in [-0.2, 0) is 13.0 Å². The van der Waals surface area contributed by atoms with E-state index < -0.39 is 0 Å². The third kappa shape index (κ3) is 3.51. The van der Waals surface area contributed by atoms with Crippen molar-refractivity contribution < 1.29 is 9.13 Å². The highest BCUT2D eigenvalue weighted by Gasteiger charge is 2.07. The minimum absolute atomic E-state index is 0.0216. The van der Waals surface area contributed by atoms with E-state index in [-0.39, 0.29) is 17.6 Å². The highest BCUT2D eigenvalue weighted by atomic mass is 32.1. The third-order valence-electron chi connectivity index (χ3n) is 2.41. The zero-order valence-corrected chi connectivity index (χ0v) is 10.9. The van der Waals surface area contributed by atoms with Crippen LogP contribution in [0.3, 0.4) is 0 Å². The van der Waals surface area contributed by atoms with E-state index in [2.05, 4.69) is 4.98 Å². The molecule has 2 aromatic rings. The van der Waals surface area contributed by atoms with E-state index in [0.717, 1.165) is 10.4 Å². The molecule has 0 saturated carbocycles. The first-order valence-electron chi connectivity index (χ1n) is 5.69. The molecule has 2 N–H and O–H groups in total. The zero-order valence-electron chi connectivity index (χ0n) is 10.1. The number of halogens is 1. The lowest BCUT2D eigenvalue weighted by atomic mass is 10.1. The number of thiazole rings is 1. The summed E-state index contributed by atoms with van der Waals surface area (Å²) in [5.41, 5.74) is 8.28. The zero-order chi connectivity index (χ0) is 13.0. The highest BCUT2D eigenvalue weighted by molar-refractivity contribution is 7.09. The van der Waals surface area contributed by atoms with Gasteiger partial charge in [-0.25, -0.2) is 4.39 Å². The Labute approximate surface area is 109 Å². The molecule has 0 saturated heterocycles. The maximum absolute atomic E-state index is 13.8. The Bertz CT molecular complexity index is 500. The topological polar surface area (TPSA) is 48.1 Å². The number of rotatable bonds is 5. The van der Waals surface area contributed by atoms with Crippen molar-refractivity contribution >= 4 is 11.3 Å². The van der Waals surface area contributed by atoms with Crippen LogP contribution in [0.5, 0.6) is 5.75 Å². The number of nitrogens with zero attached hydrogens (tertiary/aromatic N) is 1. The second-order valence-corrected chi connectivity index (χ2v) is 5.17. The SMILES string of the molecule is CC(N)Cc1ccc(OCc2cncs2)c(F)c1. The van der Waals surface area contributed by atoms with E-state index in [1.54, 1.807) is 17.8 Å². The molecule has 96 valence electrons. The summed E-state index contributed by atoms with van der Waals surface area (Å²) < 4.78 is 19.2. The van der Waals surface area contributed by atoms with Crippen LogP contribution < -0.4 is 10.5 Å². The van der Waals surface area contributed by atoms with Gasteiger partial charge in [0.2, 0.25) is 0 Å². The molecule has 1 aromatic heterocycles. The summed E-state index contributed by atoms with van der Waals surface area (Å²) in [5.74, 6) is -0.0884. The van der Waals surface area contributed by atoms with Crippen LogP contribution in [0.15, 0.2) is 29.9 Å². The fourth-order valence-corrected chi connectivity index (χ4v) is 2.13. The van der Waals surface area contributed by atoms with Crippen LogP contribution in [0.4, 0.5) is 4.39 Å². The standard InChI is InChI=1S/C13H15FN2OS/c1-9(15)4-10-2-3-13(12(14)5-10)17-7-11-6-16-8-18-11/h2-3,5-6,8-9H,4,7,15H2,1H3. The van der Waals surface area contributed by atoms with E-state index >= 15 is 0 Å². The molecule has 0 aliphatic carbocycles. The Morgan fingerprint density at radius 2 is 2.33 bits per heavy atom. The summed E-state index contributed by atoms with van der Waals surface area (Å²) in [6.45, 7) is 2.24. The van der Waals surface area contributed by atoms with Gasteiger partial charge in [0.05, 0.1) is 10.4 Å². The van der Waals surface area contributed by atoms with E-state index in [1.807, 2.05) is 13.0 Å². The van der Waals surface area contributed by atoms with E-state index in [1.165, 1.54) is 17.4 Å². The number of nitrogens with two attached hydrogens (primary N) is 1. The number of hydrogen-bond donors (Lipinski definition) is 1. The van der Waals surface area contributed by atoms with Crippen LogP contribution >= 0.6 is 11.3 Å². The molecule has 0 spiro atoms. The average molecular weight is 266 g/mol. The summed E-state index contributed by atoms with van der Waals surface area (Å²) in [4.78, 5) is 4.90. The first-order chi connectivity index (χ1) is 8.65. The minimum atomic E-state index is -0.349. The first-order valence-corrected chi connectivity index (χ1v) is 6.57. The lowest BCUT2D eigenvalue weighted by Crippen LogP contribution is -2.17. The predicted octanol–water partition coefficient (Wildman–Crippen LogP) is 2.75. The number of aromatic nitrogens is 1. The van der Waals surface area contributed by atoms with Crippen LogP contribution in [0.1, 0.15) is 17.4 Å². The molecule has 1 atom stereocenters. The molecule has 5 heteroatoms. The Kier molecular flexibility index (Phi) is 4.28. The fraction of sp³-hybridized carbons (Fsp3) is 0.308. The van der Waals surface area contributed by atoms with Gasteiger partial charge in [0.25, 0.3) is 0 Å². The summed E-state index contributed by atoms with van der Waals surface area (Å²) in [6, 6.07) is 4.99. The van der Waals surface area contributed by atoms with Gasteiger partial charge in [0.1, 0.15) is 6.61 Å². The van der Waals surface area contributed by atoms with Gasteiger partial charge in [-0.15, -0.1) is 11.3 Å². The quantitative estimate of drug-likeness (QED) is 0.905. The van der Waals surface area contributed by atoms with Gasteiger partial charge in [0, 0.05) is 12.2 Å². The fourth-order valence-electron chi connectivity index (χ4n) is 1.62. The lowest BCUT2D eigenvalue weighted by Gasteiger charge is -2.09. The maximum atomic E-state index is 13.8. The Hall–Kier alpha value is -1.46. The van der Waals surface area contributed by atoms with Gasteiger partial charge in [-0.05, 0) is 31.0 Å². The van der Waals surface area contributed by atoms with Crippen molar-refractivity contribution in [1.29, 1.82) is 0 Å². The van der Waals surface area contributed by atoms with Crippen molar-refractivity contribution in [1.82, 2.24) is 4.98 Å². The molecular formula is C13H15FN2OS. The Balaban J connectivity index is 2.01. The summed E-state index contributed by atoms with van der Waals surface area (Å²) in [5, 5.41) is 0. The lowest BCUT2D eigenvalue weighted by molar-refractivity contribution is 0.293. The van der Waals surface area contributed by atoms with Gasteiger partial charge in [-0.1, -0.05) is 6.07 Å². The minimum Gasteiger partial charge on any atom is -0.485 e. The summed E-state index contributed by atoms with van der Waals surface area (Å²) >= 11 is 1.48. The molecule has 0 aliphatic heterocycles. The van der Waals surface area contributed by atoms with Crippen LogP contribution in [-0.4, -0.2) is 11.0 Å². The Morgan fingerprint density at radius 1 is 1.50 bits per heavy atom. The first kappa shape index (κ1) is 13.0. The van der Waals surface area contributed by atoms with Gasteiger partial charge < -0.3 is 10.5 Å². The molecular weight excluding hydrogens is 251 g/mol. The van der Waals surface area contributed by atoms with Crippen molar-refractivity contribution in [2.75, 3.05) is 0 Å². The van der Waals surface area contributed by atoms with Gasteiger partial charge >= 0.3 is 0 Å². The van der Waals surface area contributed by atoms with Crippen LogP contribution in [0.2, 0.25) is 0 Å². The van der Waals surface area contributed by atoms with E-state index in [4.69, 9.17) is 10.5 Å². The van der Waals surface area contributed by atoms with E-state index in [0.29, 0.717) is 13.0 Å². The highest BCUT2D eigenvalue weighted by Crippen LogP contribution is 2.20. The van der Waals surface area contributed by atoms with Crippen molar-refractivity contribution in [3.05, 3.63) is 46.2 Å². The van der Waals surface area contributed by atoms with Gasteiger partial charge in [-0.3, -0.25) is 4.98 Å². The second kappa shape index (κ2) is 5.93. The van der Waals surface area contributed by atoms with Crippen molar-refractivity contribution in [2.45, 2.75) is 26.0 Å².